The standard InChI is InChI=1S/C19H26N4O4S/c1-5-23(6-2)16(24)12-22(4)17(25)13-28-19-21-20-18(27-19)14-8-10-15(11-9-14)26-7-3/h8-11H,5-7,12-13H2,1-4H3. The third-order valence-corrected chi connectivity index (χ3v) is 4.86. The molecule has 8 nitrogen and oxygen atoms in total. The molecule has 0 radical (unpaired) electrons. The monoisotopic (exact) mass is 406 g/mol. The van der Waals surface area contributed by atoms with Gasteiger partial charge in [-0.25, -0.2) is 0 Å². The second-order valence-corrected chi connectivity index (χ2v) is 6.86. The van der Waals surface area contributed by atoms with Crippen molar-refractivity contribution in [2.24, 2.45) is 0 Å². The Hall–Kier alpha value is -2.55. The molecule has 0 spiro atoms. The molecule has 0 N–H and O–H groups in total. The summed E-state index contributed by atoms with van der Waals surface area (Å²) in [5.41, 5.74) is 0.774. The summed E-state index contributed by atoms with van der Waals surface area (Å²) < 4.78 is 11.0. The Balaban J connectivity index is 1.87. The number of hydrogen-bond donors (Lipinski definition) is 0. The molecule has 1 aromatic heterocycles. The quantitative estimate of drug-likeness (QED) is 0.560. The molecule has 9 heteroatoms. The van der Waals surface area contributed by atoms with Gasteiger partial charge in [0.2, 0.25) is 17.7 Å². The van der Waals surface area contributed by atoms with Crippen molar-refractivity contribution in [1.29, 1.82) is 0 Å². The molecular formula is C19H26N4O4S. The molecule has 28 heavy (non-hydrogen) atoms. The Morgan fingerprint density at radius 3 is 2.36 bits per heavy atom. The predicted molar refractivity (Wildman–Crippen MR) is 107 cm³/mol. The van der Waals surface area contributed by atoms with Crippen LogP contribution in [0.1, 0.15) is 20.8 Å². The highest BCUT2D eigenvalue weighted by molar-refractivity contribution is 7.99. The lowest BCUT2D eigenvalue weighted by Gasteiger charge is -2.22. The van der Waals surface area contributed by atoms with E-state index in [4.69, 9.17) is 9.15 Å². The lowest BCUT2D eigenvalue weighted by molar-refractivity contribution is -0.137. The van der Waals surface area contributed by atoms with Crippen LogP contribution in [0.25, 0.3) is 11.5 Å². The Bertz CT molecular complexity index is 774. The van der Waals surface area contributed by atoms with E-state index in [0.717, 1.165) is 23.1 Å². The van der Waals surface area contributed by atoms with Gasteiger partial charge in [0.15, 0.2) is 0 Å². The van der Waals surface area contributed by atoms with Crippen LogP contribution in [0.4, 0.5) is 0 Å². The number of rotatable bonds is 10. The van der Waals surface area contributed by atoms with E-state index in [0.29, 0.717) is 30.8 Å². The smallest absolute Gasteiger partial charge is 0.277 e. The third-order valence-electron chi connectivity index (χ3n) is 4.05. The number of carbonyl (C=O) groups excluding carboxylic acids is 2. The maximum Gasteiger partial charge on any atom is 0.277 e. The van der Waals surface area contributed by atoms with E-state index in [-0.39, 0.29) is 24.1 Å². The molecule has 1 aromatic carbocycles. The molecule has 2 amide bonds. The van der Waals surface area contributed by atoms with Crippen molar-refractivity contribution in [3.8, 4) is 17.2 Å². The van der Waals surface area contributed by atoms with Crippen LogP contribution in [-0.4, -0.2) is 70.9 Å². The Morgan fingerprint density at radius 1 is 1.07 bits per heavy atom. The molecule has 2 rings (SSSR count). The van der Waals surface area contributed by atoms with Gasteiger partial charge in [0, 0.05) is 25.7 Å². The summed E-state index contributed by atoms with van der Waals surface area (Å²) in [7, 11) is 1.61. The van der Waals surface area contributed by atoms with Crippen LogP contribution in [-0.2, 0) is 9.59 Å². The topological polar surface area (TPSA) is 88.8 Å². The van der Waals surface area contributed by atoms with Crippen LogP contribution < -0.4 is 4.74 Å². The highest BCUT2D eigenvalue weighted by atomic mass is 32.2. The van der Waals surface area contributed by atoms with Crippen molar-refractivity contribution in [2.75, 3.05) is 39.0 Å². The molecular weight excluding hydrogens is 380 g/mol. The van der Waals surface area contributed by atoms with E-state index in [1.54, 1.807) is 11.9 Å². The molecule has 0 fully saturated rings. The van der Waals surface area contributed by atoms with Crippen LogP contribution in [0.2, 0.25) is 0 Å². The molecule has 0 saturated carbocycles. The first kappa shape index (κ1) is 21.7. The van der Waals surface area contributed by atoms with E-state index >= 15 is 0 Å². The van der Waals surface area contributed by atoms with Crippen LogP contribution in [0.15, 0.2) is 33.9 Å². The fraction of sp³-hybridized carbons (Fsp3) is 0.474. The number of hydrogen-bond acceptors (Lipinski definition) is 7. The van der Waals surface area contributed by atoms with Gasteiger partial charge < -0.3 is 19.0 Å². The Kier molecular flexibility index (Phi) is 8.31. The minimum atomic E-state index is -0.175. The number of ether oxygens (including phenoxy) is 1. The third kappa shape index (κ3) is 5.98. The van der Waals surface area contributed by atoms with Crippen LogP contribution in [0.5, 0.6) is 5.75 Å². The average molecular weight is 407 g/mol. The number of likely N-dealkylation sites (N-methyl/N-ethyl adjacent to an activating group) is 2. The zero-order valence-electron chi connectivity index (χ0n) is 16.7. The summed E-state index contributed by atoms with van der Waals surface area (Å²) in [5.74, 6) is 1.02. The number of benzene rings is 1. The second kappa shape index (κ2) is 10.7. The van der Waals surface area contributed by atoms with Crippen molar-refractivity contribution >= 4 is 23.6 Å². The van der Waals surface area contributed by atoms with E-state index in [1.807, 2.05) is 45.0 Å². The van der Waals surface area contributed by atoms with Crippen molar-refractivity contribution < 1.29 is 18.7 Å². The highest BCUT2D eigenvalue weighted by Gasteiger charge is 2.18. The lowest BCUT2D eigenvalue weighted by atomic mass is 10.2. The summed E-state index contributed by atoms with van der Waals surface area (Å²) in [5, 5.41) is 8.29. The summed E-state index contributed by atoms with van der Waals surface area (Å²) in [6, 6.07) is 7.35. The fourth-order valence-corrected chi connectivity index (χ4v) is 3.15. The van der Waals surface area contributed by atoms with E-state index in [1.165, 1.54) is 4.90 Å². The van der Waals surface area contributed by atoms with Crippen LogP contribution >= 0.6 is 11.8 Å². The van der Waals surface area contributed by atoms with Crippen molar-refractivity contribution in [3.05, 3.63) is 24.3 Å². The molecule has 0 aliphatic rings. The fourth-order valence-electron chi connectivity index (χ4n) is 2.45. The van der Waals surface area contributed by atoms with Gasteiger partial charge in [-0.05, 0) is 45.0 Å². The predicted octanol–water partition coefficient (Wildman–Crippen LogP) is 2.55. The summed E-state index contributed by atoms with van der Waals surface area (Å²) in [6.07, 6.45) is 0. The minimum Gasteiger partial charge on any atom is -0.494 e. The molecule has 0 atom stereocenters. The van der Waals surface area contributed by atoms with Gasteiger partial charge in [0.1, 0.15) is 5.75 Å². The largest absolute Gasteiger partial charge is 0.494 e. The number of aromatic nitrogens is 2. The van der Waals surface area contributed by atoms with E-state index < -0.39 is 0 Å². The maximum atomic E-state index is 12.3. The molecule has 0 bridgehead atoms. The summed E-state index contributed by atoms with van der Waals surface area (Å²) in [4.78, 5) is 27.5. The first-order valence-electron chi connectivity index (χ1n) is 9.19. The molecule has 0 aliphatic heterocycles. The number of carbonyl (C=O) groups is 2. The van der Waals surface area contributed by atoms with Gasteiger partial charge in [-0.15, -0.1) is 10.2 Å². The zero-order valence-corrected chi connectivity index (χ0v) is 17.5. The second-order valence-electron chi connectivity index (χ2n) is 5.94. The summed E-state index contributed by atoms with van der Waals surface area (Å²) >= 11 is 1.15. The van der Waals surface area contributed by atoms with Gasteiger partial charge in [-0.2, -0.15) is 0 Å². The van der Waals surface area contributed by atoms with Crippen LogP contribution in [0.3, 0.4) is 0 Å². The van der Waals surface area contributed by atoms with Gasteiger partial charge in [-0.1, -0.05) is 11.8 Å². The Morgan fingerprint density at radius 2 is 1.75 bits per heavy atom. The average Bonchev–Trinajstić information content (AvgIpc) is 3.17. The summed E-state index contributed by atoms with van der Waals surface area (Å²) in [6.45, 7) is 7.66. The van der Waals surface area contributed by atoms with Crippen LogP contribution in [0, 0.1) is 0 Å². The SMILES string of the molecule is CCOc1ccc(-c2nnc(SCC(=O)N(C)CC(=O)N(CC)CC)o2)cc1. The first-order chi connectivity index (χ1) is 13.5. The van der Waals surface area contributed by atoms with Gasteiger partial charge >= 0.3 is 0 Å². The molecule has 0 saturated heterocycles. The van der Waals surface area contributed by atoms with Gasteiger partial charge in [0.05, 0.1) is 18.9 Å². The van der Waals surface area contributed by atoms with Crippen molar-refractivity contribution in [1.82, 2.24) is 20.0 Å². The maximum absolute atomic E-state index is 12.3. The molecule has 152 valence electrons. The molecule has 1 heterocycles. The van der Waals surface area contributed by atoms with Crippen molar-refractivity contribution in [2.45, 2.75) is 26.0 Å². The molecule has 2 aromatic rings. The zero-order chi connectivity index (χ0) is 20.5. The number of nitrogens with zero attached hydrogens (tertiary/aromatic N) is 4. The van der Waals surface area contributed by atoms with E-state index in [9.17, 15) is 9.59 Å². The number of amides is 2. The first-order valence-corrected chi connectivity index (χ1v) is 10.2. The van der Waals surface area contributed by atoms with Gasteiger partial charge in [0.25, 0.3) is 5.22 Å². The lowest BCUT2D eigenvalue weighted by Crippen LogP contribution is -2.41. The minimum absolute atomic E-state index is 0.0579. The van der Waals surface area contributed by atoms with Crippen molar-refractivity contribution in [3.63, 3.8) is 0 Å². The van der Waals surface area contributed by atoms with E-state index in [2.05, 4.69) is 10.2 Å². The normalized spacial score (nSPS) is 10.6. The number of thioether (sulfide) groups is 1. The molecule has 0 aliphatic carbocycles. The highest BCUT2D eigenvalue weighted by Crippen LogP contribution is 2.25. The Labute approximate surface area is 169 Å². The van der Waals surface area contributed by atoms with Gasteiger partial charge in [-0.3, -0.25) is 9.59 Å². The molecule has 0 unspecified atom stereocenters.